The monoisotopic (exact) mass is 489 g/mol. The molecule has 1 N–H and O–H groups in total. The quantitative estimate of drug-likeness (QED) is 0.513. The van der Waals surface area contributed by atoms with Crippen LogP contribution in [0.5, 0.6) is 11.5 Å². The highest BCUT2D eigenvalue weighted by atomic mass is 32.2. The molecule has 2 aliphatic rings. The fourth-order valence-electron chi connectivity index (χ4n) is 3.60. The van der Waals surface area contributed by atoms with Crippen molar-refractivity contribution in [3.63, 3.8) is 0 Å². The van der Waals surface area contributed by atoms with Gasteiger partial charge in [0.1, 0.15) is 11.5 Å². The molecular weight excluding hydrogens is 466 g/mol. The Morgan fingerprint density at radius 3 is 2.74 bits per heavy atom. The number of nitrogens with one attached hydrogen (secondary N) is 1. The number of hydrogen-bond acceptors (Lipinski definition) is 7. The van der Waals surface area contributed by atoms with Crippen LogP contribution < -0.4 is 19.7 Å². The standard InChI is InChI=1S/C26H23N3O5S/c1-16-5-8-19(9-6-16)29-25(31)21(12-18-7-10-22-23(13-18)34-15-33-22)28-26(29)35-17(2)24(30)27-14-20-4-3-11-32-20/h3-13,17H,14-15H2,1-2H3,(H,27,30)/b21-12-. The molecule has 2 aromatic carbocycles. The minimum atomic E-state index is -0.491. The molecule has 2 aliphatic heterocycles. The first-order chi connectivity index (χ1) is 17.0. The Balaban J connectivity index is 1.40. The maximum Gasteiger partial charge on any atom is 0.283 e. The number of furan rings is 1. The minimum absolute atomic E-state index is 0.175. The first kappa shape index (κ1) is 22.8. The lowest BCUT2D eigenvalue weighted by molar-refractivity contribution is -0.120. The number of nitrogens with zero attached hydrogens (tertiary/aromatic N) is 2. The van der Waals surface area contributed by atoms with Crippen molar-refractivity contribution in [3.05, 3.63) is 83.4 Å². The fourth-order valence-corrected chi connectivity index (χ4v) is 4.55. The number of aliphatic imine (C=N–C) groups is 1. The number of carbonyl (C=O) groups is 2. The summed E-state index contributed by atoms with van der Waals surface area (Å²) in [6.07, 6.45) is 3.27. The molecule has 178 valence electrons. The van der Waals surface area contributed by atoms with Gasteiger partial charge in [-0.25, -0.2) is 4.99 Å². The second-order valence-electron chi connectivity index (χ2n) is 8.07. The van der Waals surface area contributed by atoms with Crippen molar-refractivity contribution in [3.8, 4) is 11.5 Å². The van der Waals surface area contributed by atoms with Crippen LogP contribution in [0.2, 0.25) is 0 Å². The number of aryl methyl sites for hydroxylation is 1. The number of amides is 2. The van der Waals surface area contributed by atoms with Crippen LogP contribution in [0.3, 0.4) is 0 Å². The third-order valence-electron chi connectivity index (χ3n) is 5.49. The van der Waals surface area contributed by atoms with E-state index in [0.29, 0.717) is 34.7 Å². The molecule has 3 heterocycles. The van der Waals surface area contributed by atoms with E-state index in [1.165, 1.54) is 11.8 Å². The lowest BCUT2D eigenvalue weighted by Gasteiger charge is -2.20. The lowest BCUT2D eigenvalue weighted by atomic mass is 10.1. The smallest absolute Gasteiger partial charge is 0.283 e. The van der Waals surface area contributed by atoms with Crippen molar-refractivity contribution in [1.29, 1.82) is 0 Å². The van der Waals surface area contributed by atoms with Crippen molar-refractivity contribution >= 4 is 40.5 Å². The third kappa shape index (κ3) is 4.95. The third-order valence-corrected chi connectivity index (χ3v) is 6.54. The van der Waals surface area contributed by atoms with Gasteiger partial charge >= 0.3 is 0 Å². The van der Waals surface area contributed by atoms with E-state index in [0.717, 1.165) is 11.1 Å². The summed E-state index contributed by atoms with van der Waals surface area (Å²) in [5, 5.41) is 2.80. The number of amidine groups is 1. The van der Waals surface area contributed by atoms with Crippen LogP contribution in [-0.4, -0.2) is 29.0 Å². The van der Waals surface area contributed by atoms with E-state index < -0.39 is 5.25 Å². The molecule has 35 heavy (non-hydrogen) atoms. The molecule has 9 heteroatoms. The molecule has 8 nitrogen and oxygen atoms in total. The van der Waals surface area contributed by atoms with Crippen LogP contribution in [0.4, 0.5) is 5.69 Å². The Kier molecular flexibility index (Phi) is 6.33. The summed E-state index contributed by atoms with van der Waals surface area (Å²) in [5.41, 5.74) is 2.80. The van der Waals surface area contributed by atoms with Crippen molar-refractivity contribution < 1.29 is 23.5 Å². The molecule has 0 radical (unpaired) electrons. The molecular formula is C26H23N3O5S. The first-order valence-electron chi connectivity index (χ1n) is 11.1. The first-order valence-corrected chi connectivity index (χ1v) is 11.9. The molecule has 1 atom stereocenters. The lowest BCUT2D eigenvalue weighted by Crippen LogP contribution is -2.35. The van der Waals surface area contributed by atoms with Crippen molar-refractivity contribution in [2.24, 2.45) is 4.99 Å². The average molecular weight is 490 g/mol. The number of ether oxygens (including phenoxy) is 2. The molecule has 3 aromatic rings. The van der Waals surface area contributed by atoms with Gasteiger partial charge in [-0.15, -0.1) is 0 Å². The molecule has 0 saturated heterocycles. The predicted octanol–water partition coefficient (Wildman–Crippen LogP) is 4.50. The van der Waals surface area contributed by atoms with Gasteiger partial charge in [0, 0.05) is 0 Å². The number of hydrogen-bond donors (Lipinski definition) is 1. The normalized spacial score (nSPS) is 16.5. The summed E-state index contributed by atoms with van der Waals surface area (Å²) in [7, 11) is 0. The zero-order chi connectivity index (χ0) is 24.4. The van der Waals surface area contributed by atoms with Crippen LogP contribution >= 0.6 is 11.8 Å². The second-order valence-corrected chi connectivity index (χ2v) is 9.38. The molecule has 1 unspecified atom stereocenters. The van der Waals surface area contributed by atoms with Gasteiger partial charge in [0.15, 0.2) is 16.7 Å². The molecule has 0 spiro atoms. The zero-order valence-corrected chi connectivity index (χ0v) is 20.0. The van der Waals surface area contributed by atoms with Gasteiger partial charge in [-0.2, -0.15) is 0 Å². The van der Waals surface area contributed by atoms with E-state index in [2.05, 4.69) is 10.3 Å². The highest BCUT2D eigenvalue weighted by molar-refractivity contribution is 8.15. The van der Waals surface area contributed by atoms with E-state index in [1.807, 2.05) is 43.3 Å². The molecule has 0 fully saturated rings. The van der Waals surface area contributed by atoms with Crippen LogP contribution in [0.15, 0.2) is 76.0 Å². The fraction of sp³-hybridized carbons (Fsp3) is 0.192. The van der Waals surface area contributed by atoms with E-state index in [-0.39, 0.29) is 24.3 Å². The van der Waals surface area contributed by atoms with E-state index in [4.69, 9.17) is 13.9 Å². The van der Waals surface area contributed by atoms with Gasteiger partial charge in [-0.3, -0.25) is 14.5 Å². The van der Waals surface area contributed by atoms with Gasteiger partial charge < -0.3 is 19.2 Å². The van der Waals surface area contributed by atoms with Crippen molar-refractivity contribution in [2.75, 3.05) is 11.7 Å². The second kappa shape index (κ2) is 9.71. The largest absolute Gasteiger partial charge is 0.467 e. The number of carbonyl (C=O) groups excluding carboxylic acids is 2. The Morgan fingerprint density at radius 2 is 1.97 bits per heavy atom. The topological polar surface area (TPSA) is 93.4 Å². The molecule has 2 amide bonds. The number of anilines is 1. The molecule has 1 aromatic heterocycles. The Morgan fingerprint density at radius 1 is 1.17 bits per heavy atom. The summed E-state index contributed by atoms with van der Waals surface area (Å²) >= 11 is 1.22. The van der Waals surface area contributed by atoms with Crippen LogP contribution in [0.1, 0.15) is 23.8 Å². The maximum absolute atomic E-state index is 13.4. The van der Waals surface area contributed by atoms with Crippen molar-refractivity contribution in [2.45, 2.75) is 25.6 Å². The number of fused-ring (bicyclic) bond motifs is 1. The van der Waals surface area contributed by atoms with Crippen LogP contribution in [0, 0.1) is 6.92 Å². The highest BCUT2D eigenvalue weighted by Gasteiger charge is 2.34. The summed E-state index contributed by atoms with van der Waals surface area (Å²) in [4.78, 5) is 32.3. The van der Waals surface area contributed by atoms with Crippen LogP contribution in [0.25, 0.3) is 6.08 Å². The van der Waals surface area contributed by atoms with Gasteiger partial charge in [-0.1, -0.05) is 35.5 Å². The maximum atomic E-state index is 13.4. The Labute approximate surface area is 206 Å². The molecule has 0 aliphatic carbocycles. The van der Waals surface area contributed by atoms with Crippen LogP contribution in [-0.2, 0) is 16.1 Å². The van der Waals surface area contributed by atoms with Crippen molar-refractivity contribution in [1.82, 2.24) is 5.32 Å². The number of thioether (sulfide) groups is 1. The zero-order valence-electron chi connectivity index (χ0n) is 19.2. The molecule has 0 saturated carbocycles. The molecule has 5 rings (SSSR count). The summed E-state index contributed by atoms with van der Waals surface area (Å²) in [6.45, 7) is 4.23. The SMILES string of the molecule is Cc1ccc(N2C(=O)/C(=C/c3ccc4c(c3)OCO4)N=C2SC(C)C(=O)NCc2ccco2)cc1. The van der Waals surface area contributed by atoms with E-state index >= 15 is 0 Å². The minimum Gasteiger partial charge on any atom is -0.467 e. The molecule has 0 bridgehead atoms. The number of rotatable bonds is 6. The Hall–Kier alpha value is -3.98. The Bertz CT molecular complexity index is 1320. The van der Waals surface area contributed by atoms with E-state index in [9.17, 15) is 9.59 Å². The van der Waals surface area contributed by atoms with Gasteiger partial charge in [-0.05, 0) is 61.9 Å². The summed E-state index contributed by atoms with van der Waals surface area (Å²) in [6, 6.07) is 16.6. The predicted molar refractivity (Wildman–Crippen MR) is 134 cm³/mol. The van der Waals surface area contributed by atoms with Gasteiger partial charge in [0.2, 0.25) is 12.7 Å². The average Bonchev–Trinajstić information content (AvgIpc) is 3.60. The van der Waals surface area contributed by atoms with Gasteiger partial charge in [0.25, 0.3) is 5.91 Å². The van der Waals surface area contributed by atoms with E-state index in [1.54, 1.807) is 42.4 Å². The summed E-state index contributed by atoms with van der Waals surface area (Å²) < 4.78 is 16.1. The number of benzene rings is 2. The van der Waals surface area contributed by atoms with Gasteiger partial charge in [0.05, 0.1) is 23.7 Å². The summed E-state index contributed by atoms with van der Waals surface area (Å²) in [5.74, 6) is 1.51. The highest BCUT2D eigenvalue weighted by Crippen LogP contribution is 2.35.